The lowest BCUT2D eigenvalue weighted by atomic mass is 10.1. The second-order valence-electron chi connectivity index (χ2n) is 8.47. The number of aryl methyl sites for hydroxylation is 2. The van der Waals surface area contributed by atoms with Crippen molar-refractivity contribution >= 4 is 28.5 Å². The van der Waals surface area contributed by atoms with Gasteiger partial charge < -0.3 is 14.5 Å². The van der Waals surface area contributed by atoms with Crippen LogP contribution in [0, 0.1) is 13.8 Å². The molecule has 0 aliphatic rings. The molecular formula is C29H25N3O4. The van der Waals surface area contributed by atoms with Gasteiger partial charge in [-0.1, -0.05) is 42.5 Å². The molecule has 0 radical (unpaired) electrons. The molecule has 1 amide bonds. The maximum Gasteiger partial charge on any atom is 0.358 e. The third kappa shape index (κ3) is 4.38. The van der Waals surface area contributed by atoms with Crippen LogP contribution in [0.5, 0.6) is 0 Å². The highest BCUT2D eigenvalue weighted by Gasteiger charge is 2.20. The summed E-state index contributed by atoms with van der Waals surface area (Å²) >= 11 is 0. The van der Waals surface area contributed by atoms with Crippen molar-refractivity contribution in [3.8, 4) is 16.9 Å². The van der Waals surface area contributed by atoms with Crippen LogP contribution in [0.25, 0.3) is 27.9 Å². The van der Waals surface area contributed by atoms with Gasteiger partial charge >= 0.3 is 5.97 Å². The summed E-state index contributed by atoms with van der Waals surface area (Å²) in [6.45, 7) is 5.88. The first kappa shape index (κ1) is 23.1. The molecule has 0 unspecified atom stereocenters. The normalized spacial score (nSPS) is 11.0. The van der Waals surface area contributed by atoms with E-state index in [-0.39, 0.29) is 24.0 Å². The number of amides is 1. The molecule has 180 valence electrons. The number of carbonyl (C=O) groups excluding carboxylic acids is 2. The highest BCUT2D eigenvalue weighted by molar-refractivity contribution is 6.06. The maximum atomic E-state index is 13.1. The van der Waals surface area contributed by atoms with Crippen molar-refractivity contribution in [2.24, 2.45) is 0 Å². The average molecular weight is 480 g/mol. The van der Waals surface area contributed by atoms with Crippen LogP contribution in [-0.4, -0.2) is 28.3 Å². The van der Waals surface area contributed by atoms with Crippen LogP contribution in [0.1, 0.15) is 39.1 Å². The largest absolute Gasteiger partial charge is 0.461 e. The van der Waals surface area contributed by atoms with Gasteiger partial charge in [-0.05, 0) is 62.7 Å². The van der Waals surface area contributed by atoms with Gasteiger partial charge in [-0.25, -0.2) is 9.48 Å². The number of esters is 1. The molecule has 7 nitrogen and oxygen atoms in total. The number of hydrogen-bond donors (Lipinski definition) is 1. The molecule has 0 bridgehead atoms. The fourth-order valence-corrected chi connectivity index (χ4v) is 4.18. The van der Waals surface area contributed by atoms with Crippen LogP contribution >= 0.6 is 0 Å². The fraction of sp³-hybridized carbons (Fsp3) is 0.138. The van der Waals surface area contributed by atoms with Gasteiger partial charge in [0.1, 0.15) is 5.58 Å². The highest BCUT2D eigenvalue weighted by Crippen LogP contribution is 2.29. The van der Waals surface area contributed by atoms with Crippen LogP contribution < -0.4 is 5.32 Å². The Morgan fingerprint density at radius 2 is 1.78 bits per heavy atom. The van der Waals surface area contributed by atoms with Crippen molar-refractivity contribution in [2.45, 2.75) is 20.8 Å². The lowest BCUT2D eigenvalue weighted by molar-refractivity contribution is 0.0519. The minimum Gasteiger partial charge on any atom is -0.461 e. The van der Waals surface area contributed by atoms with E-state index in [2.05, 4.69) is 10.4 Å². The van der Waals surface area contributed by atoms with Crippen molar-refractivity contribution in [2.75, 3.05) is 11.9 Å². The summed E-state index contributed by atoms with van der Waals surface area (Å²) in [7, 11) is 0. The van der Waals surface area contributed by atoms with E-state index in [0.29, 0.717) is 17.0 Å². The van der Waals surface area contributed by atoms with Crippen LogP contribution in [-0.2, 0) is 4.74 Å². The summed E-state index contributed by atoms with van der Waals surface area (Å²) in [6, 6.07) is 24.5. The minimum absolute atomic E-state index is 0.209. The van der Waals surface area contributed by atoms with Crippen LogP contribution in [0.3, 0.4) is 0 Å². The van der Waals surface area contributed by atoms with E-state index in [0.717, 1.165) is 27.8 Å². The summed E-state index contributed by atoms with van der Waals surface area (Å²) < 4.78 is 12.7. The lowest BCUT2D eigenvalue weighted by Crippen LogP contribution is -2.12. The molecule has 2 heterocycles. The molecule has 0 saturated heterocycles. The monoisotopic (exact) mass is 479 g/mol. The first-order valence-electron chi connectivity index (χ1n) is 11.7. The highest BCUT2D eigenvalue weighted by atomic mass is 16.5. The second-order valence-corrected chi connectivity index (χ2v) is 8.47. The molecular weight excluding hydrogens is 454 g/mol. The molecule has 1 N–H and O–H groups in total. The molecule has 5 aromatic rings. The minimum atomic E-state index is -0.491. The number of anilines is 1. The molecule has 36 heavy (non-hydrogen) atoms. The summed E-state index contributed by atoms with van der Waals surface area (Å²) in [5, 5.41) is 8.37. The average Bonchev–Trinajstić information content (AvgIpc) is 3.47. The number of furan rings is 1. The number of rotatable bonds is 6. The summed E-state index contributed by atoms with van der Waals surface area (Å²) in [5.74, 6) is -0.550. The van der Waals surface area contributed by atoms with Crippen LogP contribution in [0.2, 0.25) is 0 Å². The molecule has 5 rings (SSSR count). The van der Waals surface area contributed by atoms with Gasteiger partial charge in [0.25, 0.3) is 5.91 Å². The van der Waals surface area contributed by atoms with E-state index in [4.69, 9.17) is 9.15 Å². The Labute approximate surface area is 208 Å². The molecule has 3 aromatic carbocycles. The van der Waals surface area contributed by atoms with Gasteiger partial charge in [-0.2, -0.15) is 5.10 Å². The smallest absolute Gasteiger partial charge is 0.358 e. The van der Waals surface area contributed by atoms with E-state index < -0.39 is 5.97 Å². The Balaban J connectivity index is 1.51. The van der Waals surface area contributed by atoms with E-state index in [9.17, 15) is 9.59 Å². The molecule has 0 fully saturated rings. The van der Waals surface area contributed by atoms with E-state index >= 15 is 0 Å². The topological polar surface area (TPSA) is 86.4 Å². The first-order valence-corrected chi connectivity index (χ1v) is 11.7. The predicted molar refractivity (Wildman–Crippen MR) is 139 cm³/mol. The summed E-state index contributed by atoms with van der Waals surface area (Å²) in [6.07, 6.45) is 0. The Kier molecular flexibility index (Phi) is 6.12. The van der Waals surface area contributed by atoms with Crippen molar-refractivity contribution in [1.29, 1.82) is 0 Å². The number of benzene rings is 3. The van der Waals surface area contributed by atoms with Gasteiger partial charge in [0.15, 0.2) is 11.5 Å². The van der Waals surface area contributed by atoms with Crippen LogP contribution in [0.15, 0.2) is 83.3 Å². The fourth-order valence-electron chi connectivity index (χ4n) is 4.18. The number of aromatic nitrogens is 2. The van der Waals surface area contributed by atoms with E-state index in [1.807, 2.05) is 80.6 Å². The third-order valence-electron chi connectivity index (χ3n) is 5.91. The molecule has 7 heteroatoms. The zero-order valence-corrected chi connectivity index (χ0v) is 20.2. The maximum absolute atomic E-state index is 13.1. The summed E-state index contributed by atoms with van der Waals surface area (Å²) in [4.78, 5) is 25.5. The standard InChI is InChI=1S/C29H25N3O4/c1-4-35-29(34)24-17-25(32(31-24)22-12-7-9-18(2)15-22)20-10-8-11-21(16-20)30-28(33)27-19(3)23-13-5-6-14-26(23)36-27/h5-17H,4H2,1-3H3,(H,30,33). The van der Waals surface area contributed by atoms with Gasteiger partial charge in [-0.15, -0.1) is 0 Å². The number of para-hydroxylation sites is 1. The second kappa shape index (κ2) is 9.54. The Hall–Kier alpha value is -4.65. The number of hydrogen-bond acceptors (Lipinski definition) is 5. The van der Waals surface area contributed by atoms with Gasteiger partial charge in [0.05, 0.1) is 18.0 Å². The van der Waals surface area contributed by atoms with E-state index in [1.54, 1.807) is 23.7 Å². The SMILES string of the molecule is CCOC(=O)c1cc(-c2cccc(NC(=O)c3oc4ccccc4c3C)c2)n(-c2cccc(C)c2)n1. The zero-order valence-electron chi connectivity index (χ0n) is 20.2. The van der Waals surface area contributed by atoms with Crippen molar-refractivity contribution in [3.05, 3.63) is 101 Å². The van der Waals surface area contributed by atoms with Gasteiger partial charge in [0.2, 0.25) is 0 Å². The van der Waals surface area contributed by atoms with Crippen molar-refractivity contribution in [1.82, 2.24) is 9.78 Å². The molecule has 0 saturated carbocycles. The van der Waals surface area contributed by atoms with Crippen molar-refractivity contribution in [3.63, 3.8) is 0 Å². The molecule has 0 aliphatic carbocycles. The summed E-state index contributed by atoms with van der Waals surface area (Å²) in [5.41, 5.74) is 5.60. The van der Waals surface area contributed by atoms with Gasteiger partial charge in [-0.3, -0.25) is 4.79 Å². The number of nitrogens with zero attached hydrogens (tertiary/aromatic N) is 2. The van der Waals surface area contributed by atoms with Crippen molar-refractivity contribution < 1.29 is 18.7 Å². The molecule has 0 atom stereocenters. The Bertz CT molecular complexity index is 1600. The number of nitrogens with one attached hydrogen (secondary N) is 1. The molecule has 0 spiro atoms. The number of ether oxygens (including phenoxy) is 1. The van der Waals surface area contributed by atoms with Crippen LogP contribution in [0.4, 0.5) is 5.69 Å². The lowest BCUT2D eigenvalue weighted by Gasteiger charge is -2.10. The number of carbonyl (C=O) groups is 2. The van der Waals surface area contributed by atoms with E-state index in [1.165, 1.54) is 0 Å². The molecule has 0 aliphatic heterocycles. The quantitative estimate of drug-likeness (QED) is 0.288. The third-order valence-corrected chi connectivity index (χ3v) is 5.91. The zero-order chi connectivity index (χ0) is 25.2. The van der Waals surface area contributed by atoms with Gasteiger partial charge in [0, 0.05) is 22.2 Å². The number of fused-ring (bicyclic) bond motifs is 1. The Morgan fingerprint density at radius 1 is 0.972 bits per heavy atom. The first-order chi connectivity index (χ1) is 17.4. The predicted octanol–water partition coefficient (Wildman–Crippen LogP) is 6.33. The molecule has 2 aromatic heterocycles. The Morgan fingerprint density at radius 3 is 2.56 bits per heavy atom.